The second kappa shape index (κ2) is 10.5. The second-order valence-electron chi connectivity index (χ2n) is 10.3. The zero-order valence-electron chi connectivity index (χ0n) is 21.8. The molecule has 1 fully saturated rings. The first-order valence-corrected chi connectivity index (χ1v) is 12.7. The lowest BCUT2D eigenvalue weighted by Gasteiger charge is -2.34. The highest BCUT2D eigenvalue weighted by Gasteiger charge is 2.28. The molecule has 1 aliphatic rings. The van der Waals surface area contributed by atoms with Crippen molar-refractivity contribution in [1.82, 2.24) is 19.9 Å². The molecule has 3 N–H and O–H groups in total. The first-order valence-electron chi connectivity index (χ1n) is 12.7. The average molecular weight is 513 g/mol. The molecule has 1 aliphatic heterocycles. The maximum absolute atomic E-state index is 12.6. The van der Waals surface area contributed by atoms with Gasteiger partial charge in [0.15, 0.2) is 0 Å². The molecule has 2 aromatic carbocycles. The Bertz CT molecular complexity index is 1450. The van der Waals surface area contributed by atoms with Crippen molar-refractivity contribution in [2.75, 3.05) is 24.1 Å². The van der Waals surface area contributed by atoms with Crippen LogP contribution in [0.2, 0.25) is 0 Å². The van der Waals surface area contributed by atoms with Gasteiger partial charge in [-0.05, 0) is 63.9 Å². The van der Waals surface area contributed by atoms with Gasteiger partial charge in [0.1, 0.15) is 11.4 Å². The number of fused-ring (bicyclic) bond motifs is 1. The molecule has 9 heteroatoms. The summed E-state index contributed by atoms with van der Waals surface area (Å²) in [5.41, 5.74) is 7.72. The molecule has 4 aromatic rings. The highest BCUT2D eigenvalue weighted by molar-refractivity contribution is 5.97. The van der Waals surface area contributed by atoms with Gasteiger partial charge in [0.25, 0.3) is 0 Å². The number of anilines is 2. The van der Waals surface area contributed by atoms with Crippen molar-refractivity contribution >= 4 is 28.5 Å². The third kappa shape index (κ3) is 5.77. The van der Waals surface area contributed by atoms with E-state index in [1.54, 1.807) is 17.3 Å². The average Bonchev–Trinajstić information content (AvgIpc) is 2.90. The van der Waals surface area contributed by atoms with Crippen LogP contribution in [0.1, 0.15) is 33.6 Å². The number of nitrogens with one attached hydrogen (secondary N) is 1. The van der Waals surface area contributed by atoms with Crippen molar-refractivity contribution in [3.05, 3.63) is 67.0 Å². The van der Waals surface area contributed by atoms with Crippen molar-refractivity contribution in [2.45, 2.75) is 45.3 Å². The van der Waals surface area contributed by atoms with Crippen LogP contribution in [0.4, 0.5) is 16.4 Å². The van der Waals surface area contributed by atoms with E-state index < -0.39 is 5.60 Å². The van der Waals surface area contributed by atoms with E-state index in [0.717, 1.165) is 29.2 Å². The van der Waals surface area contributed by atoms with E-state index in [1.165, 1.54) is 0 Å². The molecule has 0 radical (unpaired) electrons. The lowest BCUT2D eigenvalue weighted by atomic mass is 10.1. The van der Waals surface area contributed by atoms with Crippen molar-refractivity contribution in [3.8, 4) is 22.9 Å². The number of rotatable bonds is 5. The van der Waals surface area contributed by atoms with Gasteiger partial charge in [-0.2, -0.15) is 0 Å². The summed E-state index contributed by atoms with van der Waals surface area (Å²) >= 11 is 0. The van der Waals surface area contributed by atoms with Crippen LogP contribution >= 0.6 is 0 Å². The van der Waals surface area contributed by atoms with E-state index in [2.05, 4.69) is 15.3 Å². The molecule has 1 amide bonds. The number of piperidine rings is 1. The van der Waals surface area contributed by atoms with Crippen molar-refractivity contribution in [2.24, 2.45) is 0 Å². The van der Waals surface area contributed by atoms with Gasteiger partial charge in [0, 0.05) is 48.0 Å². The van der Waals surface area contributed by atoms with Crippen LogP contribution in [0.5, 0.6) is 11.6 Å². The molecule has 1 saturated heterocycles. The summed E-state index contributed by atoms with van der Waals surface area (Å²) in [6.07, 6.45) is 4.86. The first kappa shape index (κ1) is 25.3. The van der Waals surface area contributed by atoms with Gasteiger partial charge >= 0.3 is 6.09 Å². The Morgan fingerprint density at radius 1 is 1.03 bits per heavy atom. The minimum Gasteiger partial charge on any atom is -0.444 e. The zero-order chi connectivity index (χ0) is 26.7. The fraction of sp³-hybridized carbons (Fsp3) is 0.310. The smallest absolute Gasteiger partial charge is 0.410 e. The number of hydrogen-bond donors (Lipinski definition) is 2. The summed E-state index contributed by atoms with van der Waals surface area (Å²) in [5.74, 6) is 1.57. The Balaban J connectivity index is 1.35. The van der Waals surface area contributed by atoms with Crippen LogP contribution in [0, 0.1) is 0 Å². The molecule has 38 heavy (non-hydrogen) atoms. The Labute approximate surface area is 222 Å². The molecule has 3 heterocycles. The molecule has 0 spiro atoms. The van der Waals surface area contributed by atoms with Gasteiger partial charge in [-0.3, -0.25) is 0 Å². The van der Waals surface area contributed by atoms with Crippen LogP contribution in [-0.2, 0) is 4.74 Å². The number of carbonyl (C=O) groups is 1. The Kier molecular flexibility index (Phi) is 7.00. The van der Waals surface area contributed by atoms with E-state index in [1.807, 2.05) is 75.4 Å². The van der Waals surface area contributed by atoms with E-state index in [4.69, 9.17) is 20.2 Å². The number of aromatic nitrogens is 3. The number of nitrogen functional groups attached to an aromatic ring is 1. The van der Waals surface area contributed by atoms with Crippen LogP contribution in [0.25, 0.3) is 22.0 Å². The normalized spacial score (nSPS) is 15.8. The van der Waals surface area contributed by atoms with Gasteiger partial charge in [-0.1, -0.05) is 24.3 Å². The number of nitrogens with two attached hydrogens (primary N) is 1. The molecule has 196 valence electrons. The molecule has 2 aromatic heterocycles. The Morgan fingerprint density at radius 3 is 2.66 bits per heavy atom. The maximum atomic E-state index is 12.6. The molecule has 0 aliphatic carbocycles. The number of carbonyl (C=O) groups excluding carboxylic acids is 1. The standard InChI is InChI=1S/C29H32N6O3/c1-29(2,3)38-28(36)35-17-7-8-19(18-35)33-27-32-16-14-24(34-27)22-11-6-15-31-26(22)37-25-13-12-23(30)20-9-4-5-10-21(20)25/h4-6,9-16,19H,7-8,17-18,30H2,1-3H3,(H,32,33,34). The largest absolute Gasteiger partial charge is 0.444 e. The van der Waals surface area contributed by atoms with Crippen molar-refractivity contribution in [1.29, 1.82) is 0 Å². The van der Waals surface area contributed by atoms with Crippen LogP contribution in [0.15, 0.2) is 67.0 Å². The number of nitrogens with zero attached hydrogens (tertiary/aromatic N) is 4. The second-order valence-corrected chi connectivity index (χ2v) is 10.3. The molecule has 1 unspecified atom stereocenters. The van der Waals surface area contributed by atoms with Gasteiger partial charge < -0.3 is 25.4 Å². The fourth-order valence-corrected chi connectivity index (χ4v) is 4.50. The SMILES string of the molecule is CC(C)(C)OC(=O)N1CCCC(Nc2nccc(-c3cccnc3Oc3ccc(N)c4ccccc34)n2)C1. The Morgan fingerprint density at radius 2 is 1.84 bits per heavy atom. The zero-order valence-corrected chi connectivity index (χ0v) is 21.8. The molecule has 9 nitrogen and oxygen atoms in total. The number of amides is 1. The van der Waals surface area contributed by atoms with Gasteiger partial charge in [-0.15, -0.1) is 0 Å². The van der Waals surface area contributed by atoms with Gasteiger partial charge in [0.05, 0.1) is 11.3 Å². The van der Waals surface area contributed by atoms with Crippen LogP contribution in [-0.4, -0.2) is 50.7 Å². The lowest BCUT2D eigenvalue weighted by Crippen LogP contribution is -2.47. The highest BCUT2D eigenvalue weighted by atomic mass is 16.6. The van der Waals surface area contributed by atoms with Crippen LogP contribution < -0.4 is 15.8 Å². The number of pyridine rings is 1. The monoisotopic (exact) mass is 512 g/mol. The summed E-state index contributed by atoms with van der Waals surface area (Å²) in [6, 6.07) is 17.1. The number of benzene rings is 2. The molecule has 0 saturated carbocycles. The van der Waals surface area contributed by atoms with E-state index in [9.17, 15) is 4.79 Å². The summed E-state index contributed by atoms with van der Waals surface area (Å²) in [7, 11) is 0. The van der Waals surface area contributed by atoms with Crippen molar-refractivity contribution in [3.63, 3.8) is 0 Å². The summed E-state index contributed by atoms with van der Waals surface area (Å²) < 4.78 is 11.8. The molecule has 0 bridgehead atoms. The predicted molar refractivity (Wildman–Crippen MR) is 148 cm³/mol. The maximum Gasteiger partial charge on any atom is 0.410 e. The van der Waals surface area contributed by atoms with Gasteiger partial charge in [0.2, 0.25) is 11.8 Å². The highest BCUT2D eigenvalue weighted by Crippen LogP contribution is 2.36. The minimum atomic E-state index is -0.531. The third-order valence-corrected chi connectivity index (χ3v) is 6.23. The number of hydrogen-bond acceptors (Lipinski definition) is 8. The van der Waals surface area contributed by atoms with Gasteiger partial charge in [-0.25, -0.2) is 19.7 Å². The van der Waals surface area contributed by atoms with Crippen LogP contribution in [0.3, 0.4) is 0 Å². The first-order chi connectivity index (χ1) is 18.3. The summed E-state index contributed by atoms with van der Waals surface area (Å²) in [5, 5.41) is 5.22. The molecular weight excluding hydrogens is 480 g/mol. The molecular formula is C29H32N6O3. The topological polar surface area (TPSA) is 115 Å². The lowest BCUT2D eigenvalue weighted by molar-refractivity contribution is 0.0206. The predicted octanol–water partition coefficient (Wildman–Crippen LogP) is 5.88. The number of ether oxygens (including phenoxy) is 2. The third-order valence-electron chi connectivity index (χ3n) is 6.23. The van der Waals surface area contributed by atoms with E-state index >= 15 is 0 Å². The van der Waals surface area contributed by atoms with Crippen molar-refractivity contribution < 1.29 is 14.3 Å². The summed E-state index contributed by atoms with van der Waals surface area (Å²) in [6.45, 7) is 6.81. The van der Waals surface area contributed by atoms with E-state index in [0.29, 0.717) is 42.0 Å². The molecule has 1 atom stereocenters. The fourth-order valence-electron chi connectivity index (χ4n) is 4.50. The van der Waals surface area contributed by atoms with E-state index in [-0.39, 0.29) is 12.1 Å². The summed E-state index contributed by atoms with van der Waals surface area (Å²) in [4.78, 5) is 28.0. The quantitative estimate of drug-likeness (QED) is 0.319. The minimum absolute atomic E-state index is 0.0114. The number of likely N-dealkylation sites (tertiary alicyclic amines) is 1. The molecule has 5 rings (SSSR count). The Hall–Kier alpha value is -4.40.